The summed E-state index contributed by atoms with van der Waals surface area (Å²) in [6, 6.07) is -0.921. The fourth-order valence-corrected chi connectivity index (χ4v) is 8.78. The summed E-state index contributed by atoms with van der Waals surface area (Å²) in [5, 5.41) is 86.6. The van der Waals surface area contributed by atoms with Crippen LogP contribution in [0.5, 0.6) is 0 Å². The van der Waals surface area contributed by atoms with Gasteiger partial charge >= 0.3 is 0 Å². The van der Waals surface area contributed by atoms with Gasteiger partial charge < -0.3 is 65.1 Å². The van der Waals surface area contributed by atoms with Gasteiger partial charge in [-0.2, -0.15) is 0 Å². The first-order valence-corrected chi connectivity index (χ1v) is 29.1. The Balaban J connectivity index is 1.60. The van der Waals surface area contributed by atoms with Crippen molar-refractivity contribution < 1.29 is 64.6 Å². The van der Waals surface area contributed by atoms with E-state index in [0.717, 1.165) is 109 Å². The minimum atomic E-state index is -1.79. The van der Waals surface area contributed by atoms with Crippen molar-refractivity contribution in [1.29, 1.82) is 0 Å². The first-order chi connectivity index (χ1) is 37.1. The Bertz CT molecular complexity index is 1690. The Morgan fingerprint density at radius 1 is 0.487 bits per heavy atom. The van der Waals surface area contributed by atoms with E-state index in [9.17, 15) is 45.6 Å². The quantitative estimate of drug-likeness (QED) is 0.0205. The van der Waals surface area contributed by atoms with Gasteiger partial charge in [-0.1, -0.05) is 200 Å². The number of aliphatic hydroxyl groups is 8. The second-order valence-electron chi connectivity index (χ2n) is 20.0. The lowest BCUT2D eigenvalue weighted by Crippen LogP contribution is -2.65. The second kappa shape index (κ2) is 46.6. The molecule has 0 saturated carbocycles. The zero-order valence-corrected chi connectivity index (χ0v) is 46.4. The van der Waals surface area contributed by atoms with Gasteiger partial charge in [-0.3, -0.25) is 4.79 Å². The standard InChI is InChI=1S/C62H103NO13/c1-3-5-7-9-11-12-13-14-15-16-17-18-19-20-21-22-23-24-25-26-27-28-29-30-31-32-33-34-35-36-37-38-40-42-44-46-54(67)63-50(51(66)45-43-41-39-10-8-6-4-2)49-73-61-59(72)57(70)60(53(48-65)75-61)76-62-58(71)56(69)55(68)52(47-64)74-62/h5,7,11-12,14-15,17-18,20-21,23-24,26-27,29-30,43,45,50-53,55-62,64-66,68-72H,3-4,6,8-10,13,16,19,22,25,28,31-42,44,46-49H2,1-2H3,(H,63,67)/b7-5-,12-11-,15-14-,18-17-,21-20-,24-23-,27-26-,30-29-,45-43+. The van der Waals surface area contributed by atoms with Crippen molar-refractivity contribution in [1.82, 2.24) is 5.32 Å². The highest BCUT2D eigenvalue weighted by Gasteiger charge is 2.51. The monoisotopic (exact) mass is 1070 g/mol. The molecule has 14 nitrogen and oxygen atoms in total. The summed E-state index contributed by atoms with van der Waals surface area (Å²) >= 11 is 0. The molecule has 2 saturated heterocycles. The number of unbranched alkanes of at least 4 members (excludes halogenated alkanes) is 15. The van der Waals surface area contributed by atoms with Crippen LogP contribution in [0.25, 0.3) is 0 Å². The number of rotatable bonds is 44. The molecule has 0 aromatic rings. The van der Waals surface area contributed by atoms with Gasteiger partial charge in [0.1, 0.15) is 48.8 Å². The predicted molar refractivity (Wildman–Crippen MR) is 304 cm³/mol. The van der Waals surface area contributed by atoms with Crippen LogP contribution in [0.1, 0.15) is 181 Å². The normalized spacial score (nSPS) is 25.7. The average molecular weight is 1070 g/mol. The van der Waals surface area contributed by atoms with Crippen LogP contribution in [0.2, 0.25) is 0 Å². The van der Waals surface area contributed by atoms with E-state index in [1.165, 1.54) is 44.9 Å². The van der Waals surface area contributed by atoms with Gasteiger partial charge in [-0.15, -0.1) is 0 Å². The summed E-state index contributed by atoms with van der Waals surface area (Å²) in [4.78, 5) is 13.2. The summed E-state index contributed by atoms with van der Waals surface area (Å²) in [5.41, 5.74) is 0. The predicted octanol–water partition coefficient (Wildman–Crippen LogP) is 9.66. The van der Waals surface area contributed by atoms with Crippen LogP contribution in [0.4, 0.5) is 0 Å². The molecule has 2 aliphatic heterocycles. The highest BCUT2D eigenvalue weighted by molar-refractivity contribution is 5.76. The molecule has 1 amide bonds. The highest BCUT2D eigenvalue weighted by Crippen LogP contribution is 2.30. The van der Waals surface area contributed by atoms with E-state index >= 15 is 0 Å². The van der Waals surface area contributed by atoms with Crippen molar-refractivity contribution >= 4 is 5.91 Å². The van der Waals surface area contributed by atoms with Gasteiger partial charge in [0.25, 0.3) is 0 Å². The zero-order chi connectivity index (χ0) is 55.3. The van der Waals surface area contributed by atoms with Crippen molar-refractivity contribution in [3.05, 3.63) is 109 Å². The van der Waals surface area contributed by atoms with Crippen LogP contribution in [-0.2, 0) is 23.7 Å². The van der Waals surface area contributed by atoms with Gasteiger partial charge in [-0.25, -0.2) is 0 Å². The van der Waals surface area contributed by atoms with Crippen molar-refractivity contribution in [2.75, 3.05) is 19.8 Å². The zero-order valence-electron chi connectivity index (χ0n) is 46.4. The topological polar surface area (TPSA) is 228 Å². The first-order valence-electron chi connectivity index (χ1n) is 29.1. The second-order valence-corrected chi connectivity index (χ2v) is 20.0. The smallest absolute Gasteiger partial charge is 0.220 e. The maximum absolute atomic E-state index is 13.2. The number of ether oxygens (including phenoxy) is 4. The third kappa shape index (κ3) is 31.9. The Hall–Kier alpha value is -3.35. The van der Waals surface area contributed by atoms with E-state index in [1.54, 1.807) is 6.08 Å². The number of allylic oxidation sites excluding steroid dienone is 17. The lowest BCUT2D eigenvalue weighted by Gasteiger charge is -2.46. The molecular weight excluding hydrogens is 967 g/mol. The summed E-state index contributed by atoms with van der Waals surface area (Å²) in [6.07, 6.45) is 48.9. The Kier molecular flexibility index (Phi) is 42.1. The van der Waals surface area contributed by atoms with Crippen LogP contribution < -0.4 is 5.32 Å². The number of amides is 1. The molecule has 12 unspecified atom stereocenters. The number of hydrogen-bond donors (Lipinski definition) is 9. The molecular formula is C62H103NO13. The van der Waals surface area contributed by atoms with Gasteiger partial charge in [0.15, 0.2) is 12.6 Å². The van der Waals surface area contributed by atoms with E-state index < -0.39 is 86.8 Å². The van der Waals surface area contributed by atoms with Crippen LogP contribution >= 0.6 is 0 Å². The van der Waals surface area contributed by atoms with E-state index in [4.69, 9.17) is 18.9 Å². The molecule has 0 bridgehead atoms. The SMILES string of the molecule is CC/C=C\C/C=C\C/C=C\C/C=C\C/C=C\C/C=C\C/C=C\C/C=C\CCCCCCCCCCCCC(=O)NC(COC1OC(CO)C(OC2OC(CO)C(O)C(O)C2O)C(O)C1O)C(O)/C=C/CCCCCCC. The summed E-state index contributed by atoms with van der Waals surface area (Å²) in [6.45, 7) is 2.58. The van der Waals surface area contributed by atoms with Gasteiger partial charge in [-0.05, 0) is 83.5 Å². The number of hydrogen-bond acceptors (Lipinski definition) is 13. The first kappa shape index (κ1) is 68.8. The molecule has 2 aliphatic rings. The molecule has 0 aromatic heterocycles. The van der Waals surface area contributed by atoms with E-state index in [-0.39, 0.29) is 18.9 Å². The molecule has 2 heterocycles. The maximum atomic E-state index is 13.2. The van der Waals surface area contributed by atoms with Crippen LogP contribution in [0, 0.1) is 0 Å². The molecule has 2 fully saturated rings. The van der Waals surface area contributed by atoms with E-state index in [2.05, 4.69) is 116 Å². The largest absolute Gasteiger partial charge is 0.394 e. The number of carbonyl (C=O) groups excluding carboxylic acids is 1. The highest BCUT2D eigenvalue weighted by atomic mass is 16.7. The molecule has 12 atom stereocenters. The molecule has 14 heteroatoms. The van der Waals surface area contributed by atoms with Gasteiger partial charge in [0, 0.05) is 6.42 Å². The fraction of sp³-hybridized carbons (Fsp3) is 0.694. The third-order valence-corrected chi connectivity index (χ3v) is 13.5. The molecule has 0 aliphatic carbocycles. The van der Waals surface area contributed by atoms with Gasteiger partial charge in [0.05, 0.1) is 32.0 Å². The fourth-order valence-electron chi connectivity index (χ4n) is 8.78. The van der Waals surface area contributed by atoms with Crippen molar-refractivity contribution in [2.24, 2.45) is 0 Å². The van der Waals surface area contributed by atoms with E-state index in [0.29, 0.717) is 6.42 Å². The van der Waals surface area contributed by atoms with Crippen molar-refractivity contribution in [2.45, 2.75) is 254 Å². The lowest BCUT2D eigenvalue weighted by atomic mass is 9.97. The summed E-state index contributed by atoms with van der Waals surface area (Å²) in [7, 11) is 0. The third-order valence-electron chi connectivity index (χ3n) is 13.5. The average Bonchev–Trinajstić information content (AvgIpc) is 3.42. The number of carbonyl (C=O) groups is 1. The van der Waals surface area contributed by atoms with Crippen molar-refractivity contribution in [3.63, 3.8) is 0 Å². The van der Waals surface area contributed by atoms with Crippen molar-refractivity contribution in [3.8, 4) is 0 Å². The lowest BCUT2D eigenvalue weighted by molar-refractivity contribution is -0.359. The number of nitrogens with one attached hydrogen (secondary N) is 1. The van der Waals surface area contributed by atoms with Crippen LogP contribution in [0.15, 0.2) is 109 Å². The van der Waals surface area contributed by atoms with E-state index in [1.807, 2.05) is 6.08 Å². The Morgan fingerprint density at radius 3 is 1.39 bits per heavy atom. The Morgan fingerprint density at radius 2 is 0.908 bits per heavy atom. The Labute approximate surface area is 457 Å². The minimum Gasteiger partial charge on any atom is -0.394 e. The molecule has 2 rings (SSSR count). The minimum absolute atomic E-state index is 0.254. The molecule has 9 N–H and O–H groups in total. The maximum Gasteiger partial charge on any atom is 0.220 e. The summed E-state index contributed by atoms with van der Waals surface area (Å²) in [5.74, 6) is -0.254. The van der Waals surface area contributed by atoms with Crippen LogP contribution in [-0.4, -0.2) is 140 Å². The molecule has 0 aromatic carbocycles. The van der Waals surface area contributed by atoms with Crippen LogP contribution in [0.3, 0.4) is 0 Å². The molecule has 0 radical (unpaired) electrons. The molecule has 76 heavy (non-hydrogen) atoms. The molecule has 0 spiro atoms. The molecule has 434 valence electrons. The number of aliphatic hydroxyl groups excluding tert-OH is 8. The van der Waals surface area contributed by atoms with Gasteiger partial charge in [0.2, 0.25) is 5.91 Å². The summed E-state index contributed by atoms with van der Waals surface area (Å²) < 4.78 is 22.6.